The van der Waals surface area contributed by atoms with Crippen molar-refractivity contribution in [2.45, 2.75) is 0 Å². The van der Waals surface area contributed by atoms with Gasteiger partial charge in [-0.05, 0) is 30.8 Å². The minimum absolute atomic E-state index is 0.963. The molecule has 1 aliphatic rings. The highest BCUT2D eigenvalue weighted by molar-refractivity contribution is 6.07. The van der Waals surface area contributed by atoms with E-state index in [0.717, 1.165) is 31.9 Å². The Bertz CT molecular complexity index is 1150. The van der Waals surface area contributed by atoms with E-state index in [0.29, 0.717) is 0 Å². The summed E-state index contributed by atoms with van der Waals surface area (Å²) in [5.41, 5.74) is 5.90. The SMILES string of the molecule is CN1CCN(/N=C/c2c(-c3ccccc3)n(-c3ccccc3)c3ccccc23)CC1. The second-order valence-electron chi connectivity index (χ2n) is 7.82. The molecule has 1 fully saturated rings. The Morgan fingerprint density at radius 2 is 1.37 bits per heavy atom. The van der Waals surface area contributed by atoms with Crippen LogP contribution in [0.4, 0.5) is 0 Å². The van der Waals surface area contributed by atoms with E-state index in [9.17, 15) is 0 Å². The predicted octanol–water partition coefficient (Wildman–Crippen LogP) is 4.88. The van der Waals surface area contributed by atoms with E-state index < -0.39 is 0 Å². The number of aromatic nitrogens is 1. The topological polar surface area (TPSA) is 23.8 Å². The zero-order valence-electron chi connectivity index (χ0n) is 17.3. The average Bonchev–Trinajstić information content (AvgIpc) is 3.14. The molecule has 4 aromatic rings. The van der Waals surface area contributed by atoms with Gasteiger partial charge in [0.15, 0.2) is 0 Å². The summed E-state index contributed by atoms with van der Waals surface area (Å²) in [5, 5.41) is 8.30. The molecule has 5 rings (SSSR count). The van der Waals surface area contributed by atoms with Gasteiger partial charge < -0.3 is 9.47 Å². The lowest BCUT2D eigenvalue weighted by molar-refractivity contribution is 0.159. The van der Waals surface area contributed by atoms with Gasteiger partial charge in [0, 0.05) is 42.8 Å². The molecule has 2 heterocycles. The molecule has 1 aromatic heterocycles. The number of hydrogen-bond donors (Lipinski definition) is 0. The molecular formula is C26H26N4. The molecule has 0 atom stereocenters. The van der Waals surface area contributed by atoms with E-state index in [-0.39, 0.29) is 0 Å². The Morgan fingerprint density at radius 3 is 2.10 bits per heavy atom. The van der Waals surface area contributed by atoms with Crippen molar-refractivity contribution in [3.8, 4) is 16.9 Å². The molecule has 0 N–H and O–H groups in total. The lowest BCUT2D eigenvalue weighted by Crippen LogP contribution is -2.41. The third-order valence-corrected chi connectivity index (χ3v) is 5.81. The number of likely N-dealkylation sites (N-methyl/N-ethyl adjacent to an activating group) is 1. The van der Waals surface area contributed by atoms with Crippen molar-refractivity contribution in [1.29, 1.82) is 0 Å². The largest absolute Gasteiger partial charge is 0.309 e. The van der Waals surface area contributed by atoms with Crippen molar-refractivity contribution in [3.63, 3.8) is 0 Å². The van der Waals surface area contributed by atoms with E-state index in [1.165, 1.54) is 27.7 Å². The highest BCUT2D eigenvalue weighted by Gasteiger charge is 2.19. The summed E-state index contributed by atoms with van der Waals surface area (Å²) in [6.07, 6.45) is 2.06. The Labute approximate surface area is 177 Å². The molecule has 0 spiro atoms. The fourth-order valence-corrected chi connectivity index (χ4v) is 4.17. The zero-order valence-corrected chi connectivity index (χ0v) is 17.3. The second-order valence-corrected chi connectivity index (χ2v) is 7.82. The van der Waals surface area contributed by atoms with Crippen LogP contribution in [0.3, 0.4) is 0 Å². The fraction of sp³-hybridized carbons (Fsp3) is 0.192. The van der Waals surface area contributed by atoms with Crippen LogP contribution in [0.5, 0.6) is 0 Å². The van der Waals surface area contributed by atoms with Gasteiger partial charge in [-0.1, -0.05) is 66.7 Å². The monoisotopic (exact) mass is 394 g/mol. The van der Waals surface area contributed by atoms with Crippen LogP contribution in [-0.2, 0) is 0 Å². The zero-order chi connectivity index (χ0) is 20.3. The minimum Gasteiger partial charge on any atom is -0.309 e. The third-order valence-electron chi connectivity index (χ3n) is 5.81. The summed E-state index contributed by atoms with van der Waals surface area (Å²) in [6.45, 7) is 4.03. The highest BCUT2D eigenvalue weighted by atomic mass is 15.5. The molecule has 0 amide bonds. The van der Waals surface area contributed by atoms with Crippen molar-refractivity contribution in [3.05, 3.63) is 90.5 Å². The van der Waals surface area contributed by atoms with Gasteiger partial charge in [-0.3, -0.25) is 5.01 Å². The van der Waals surface area contributed by atoms with Crippen molar-refractivity contribution in [2.75, 3.05) is 33.2 Å². The van der Waals surface area contributed by atoms with Crippen LogP contribution in [0.1, 0.15) is 5.56 Å². The Morgan fingerprint density at radius 1 is 0.733 bits per heavy atom. The van der Waals surface area contributed by atoms with Crippen LogP contribution in [0.25, 0.3) is 27.8 Å². The standard InChI is InChI=1S/C26H26N4/c1-28-16-18-29(19-17-28)27-20-24-23-14-8-9-15-25(23)30(22-12-6-3-7-13-22)26(24)21-10-4-2-5-11-21/h2-15,20H,16-19H2,1H3/b27-20+. The molecule has 3 aromatic carbocycles. The molecule has 0 bridgehead atoms. The number of hydrogen-bond acceptors (Lipinski definition) is 3. The summed E-state index contributed by atoms with van der Waals surface area (Å²) in [6, 6.07) is 29.8. The molecule has 150 valence electrons. The van der Waals surface area contributed by atoms with Crippen molar-refractivity contribution >= 4 is 17.1 Å². The predicted molar refractivity (Wildman–Crippen MR) is 125 cm³/mol. The van der Waals surface area contributed by atoms with Crippen molar-refractivity contribution < 1.29 is 0 Å². The van der Waals surface area contributed by atoms with Crippen LogP contribution in [0.15, 0.2) is 90.0 Å². The summed E-state index contributed by atoms with van der Waals surface area (Å²) in [5.74, 6) is 0. The van der Waals surface area contributed by atoms with E-state index in [1.807, 2.05) is 0 Å². The van der Waals surface area contributed by atoms with Gasteiger partial charge in [-0.25, -0.2) is 0 Å². The molecule has 0 saturated carbocycles. The first kappa shape index (κ1) is 18.6. The maximum Gasteiger partial charge on any atom is 0.0629 e. The van der Waals surface area contributed by atoms with Crippen LogP contribution < -0.4 is 0 Å². The van der Waals surface area contributed by atoms with Crippen molar-refractivity contribution in [2.24, 2.45) is 5.10 Å². The van der Waals surface area contributed by atoms with Gasteiger partial charge in [0.2, 0.25) is 0 Å². The number of fused-ring (bicyclic) bond motifs is 1. The van der Waals surface area contributed by atoms with Crippen LogP contribution >= 0.6 is 0 Å². The average molecular weight is 395 g/mol. The van der Waals surface area contributed by atoms with Crippen LogP contribution in [0, 0.1) is 0 Å². The highest BCUT2D eigenvalue weighted by Crippen LogP contribution is 2.35. The number of hydrazone groups is 1. The number of piperazine rings is 1. The second kappa shape index (κ2) is 8.17. The molecule has 0 aliphatic carbocycles. The van der Waals surface area contributed by atoms with Gasteiger partial charge in [-0.2, -0.15) is 5.10 Å². The lowest BCUT2D eigenvalue weighted by Gasteiger charge is -2.30. The minimum atomic E-state index is 0.963. The summed E-state index contributed by atoms with van der Waals surface area (Å²) in [4.78, 5) is 2.35. The van der Waals surface area contributed by atoms with Crippen LogP contribution in [-0.4, -0.2) is 53.9 Å². The van der Waals surface area contributed by atoms with Gasteiger partial charge in [0.1, 0.15) is 0 Å². The smallest absolute Gasteiger partial charge is 0.0629 e. The Hall–Kier alpha value is -3.37. The molecule has 4 heteroatoms. The van der Waals surface area contributed by atoms with Gasteiger partial charge in [0.05, 0.1) is 17.4 Å². The van der Waals surface area contributed by atoms with E-state index in [1.54, 1.807) is 0 Å². The lowest BCUT2D eigenvalue weighted by atomic mass is 10.1. The van der Waals surface area contributed by atoms with Crippen molar-refractivity contribution in [1.82, 2.24) is 14.5 Å². The normalized spacial score (nSPS) is 15.3. The summed E-state index contributed by atoms with van der Waals surface area (Å²) < 4.78 is 2.36. The first-order valence-corrected chi connectivity index (χ1v) is 10.5. The van der Waals surface area contributed by atoms with Crippen LogP contribution in [0.2, 0.25) is 0 Å². The maximum absolute atomic E-state index is 4.90. The molecule has 4 nitrogen and oxygen atoms in total. The molecule has 0 radical (unpaired) electrons. The Kier molecular flexibility index (Phi) is 5.08. The molecule has 1 aliphatic heterocycles. The summed E-state index contributed by atoms with van der Waals surface area (Å²) >= 11 is 0. The maximum atomic E-state index is 4.90. The first-order valence-electron chi connectivity index (χ1n) is 10.5. The van der Waals surface area contributed by atoms with Gasteiger partial charge in [0.25, 0.3) is 0 Å². The first-order chi connectivity index (χ1) is 14.8. The quantitative estimate of drug-likeness (QED) is 0.461. The summed E-state index contributed by atoms with van der Waals surface area (Å²) in [7, 11) is 2.17. The third kappa shape index (κ3) is 3.51. The fourth-order valence-electron chi connectivity index (χ4n) is 4.17. The van der Waals surface area contributed by atoms with Gasteiger partial charge >= 0.3 is 0 Å². The van der Waals surface area contributed by atoms with E-state index in [2.05, 4.69) is 113 Å². The van der Waals surface area contributed by atoms with E-state index in [4.69, 9.17) is 5.10 Å². The van der Waals surface area contributed by atoms with E-state index >= 15 is 0 Å². The number of para-hydroxylation sites is 2. The van der Waals surface area contributed by atoms with Gasteiger partial charge in [-0.15, -0.1) is 0 Å². The Balaban J connectivity index is 1.71. The number of benzene rings is 3. The molecular weight excluding hydrogens is 368 g/mol. The molecule has 0 unspecified atom stereocenters. The number of nitrogens with zero attached hydrogens (tertiary/aromatic N) is 4. The molecule has 30 heavy (non-hydrogen) atoms. The number of rotatable bonds is 4. The molecule has 1 saturated heterocycles.